The second kappa shape index (κ2) is 6.19. The van der Waals surface area contributed by atoms with Crippen LogP contribution in [0.2, 0.25) is 0 Å². The lowest BCUT2D eigenvalue weighted by molar-refractivity contribution is -0.124. The Bertz CT molecular complexity index is 202. The Morgan fingerprint density at radius 1 is 1.62 bits per heavy atom. The highest BCUT2D eigenvalue weighted by atomic mass is 16.6. The van der Waals surface area contributed by atoms with Gasteiger partial charge in [0.15, 0.2) is 0 Å². The molecule has 0 aliphatic rings. The maximum absolute atomic E-state index is 11.1. The van der Waals surface area contributed by atoms with Gasteiger partial charge in [0.05, 0.1) is 19.8 Å². The molecule has 0 radical (unpaired) electrons. The monoisotopic (exact) mass is 187 g/mol. The zero-order valence-electron chi connectivity index (χ0n) is 7.52. The molecule has 0 saturated carbocycles. The molecule has 0 saturated heterocycles. The van der Waals surface area contributed by atoms with Crippen molar-refractivity contribution in [2.75, 3.05) is 19.8 Å². The summed E-state index contributed by atoms with van der Waals surface area (Å²) in [5.41, 5.74) is 0. The fourth-order valence-electron chi connectivity index (χ4n) is 0.703. The Morgan fingerprint density at radius 3 is 2.62 bits per heavy atom. The Labute approximate surface area is 76.6 Å². The van der Waals surface area contributed by atoms with Gasteiger partial charge in [-0.1, -0.05) is 6.58 Å². The van der Waals surface area contributed by atoms with Crippen molar-refractivity contribution in [2.45, 2.75) is 6.92 Å². The van der Waals surface area contributed by atoms with Crippen LogP contribution in [0.5, 0.6) is 0 Å². The molecule has 5 heteroatoms. The first-order chi connectivity index (χ1) is 6.17. The number of nitrogens with zero attached hydrogens (tertiary/aromatic N) is 1. The molecule has 1 N–H and O–H groups in total. The van der Waals surface area contributed by atoms with E-state index in [4.69, 9.17) is 5.11 Å². The summed E-state index contributed by atoms with van der Waals surface area (Å²) in [5, 5.41) is 8.56. The van der Waals surface area contributed by atoms with Crippen molar-refractivity contribution in [3.8, 4) is 0 Å². The highest BCUT2D eigenvalue weighted by molar-refractivity contribution is 5.98. The first-order valence-corrected chi connectivity index (χ1v) is 3.88. The molecule has 0 atom stereocenters. The second-order valence-corrected chi connectivity index (χ2v) is 2.12. The van der Waals surface area contributed by atoms with Gasteiger partial charge in [0.2, 0.25) is 0 Å². The van der Waals surface area contributed by atoms with E-state index in [0.29, 0.717) is 0 Å². The van der Waals surface area contributed by atoms with Crippen molar-refractivity contribution in [1.82, 2.24) is 4.90 Å². The lowest BCUT2D eigenvalue weighted by Crippen LogP contribution is -2.38. The van der Waals surface area contributed by atoms with Crippen molar-refractivity contribution < 1.29 is 19.4 Å². The van der Waals surface area contributed by atoms with E-state index in [1.807, 2.05) is 0 Å². The third-order valence-corrected chi connectivity index (χ3v) is 1.25. The molecule has 0 spiro atoms. The van der Waals surface area contributed by atoms with Crippen molar-refractivity contribution >= 4 is 12.0 Å². The van der Waals surface area contributed by atoms with E-state index in [9.17, 15) is 9.59 Å². The summed E-state index contributed by atoms with van der Waals surface area (Å²) in [6, 6.07) is 0. The predicted molar refractivity (Wildman–Crippen MR) is 46.0 cm³/mol. The molecule has 0 unspecified atom stereocenters. The van der Waals surface area contributed by atoms with Gasteiger partial charge in [-0.05, 0) is 13.0 Å². The zero-order chi connectivity index (χ0) is 10.3. The van der Waals surface area contributed by atoms with E-state index in [0.717, 1.165) is 11.0 Å². The first kappa shape index (κ1) is 11.6. The minimum absolute atomic E-state index is 0.0797. The molecule has 74 valence electrons. The number of rotatable bonds is 4. The number of imide groups is 1. The molecule has 0 aromatic carbocycles. The number of hydrogen-bond donors (Lipinski definition) is 1. The molecule has 0 bridgehead atoms. The van der Waals surface area contributed by atoms with Gasteiger partial charge in [0.25, 0.3) is 5.91 Å². The van der Waals surface area contributed by atoms with E-state index in [1.165, 1.54) is 0 Å². The lowest BCUT2D eigenvalue weighted by atomic mass is 10.5. The number of ether oxygens (including phenoxy) is 1. The van der Waals surface area contributed by atoms with E-state index in [1.54, 1.807) is 6.92 Å². The summed E-state index contributed by atoms with van der Waals surface area (Å²) in [6.07, 6.45) is 0.230. The van der Waals surface area contributed by atoms with Gasteiger partial charge in [-0.25, -0.2) is 9.69 Å². The third-order valence-electron chi connectivity index (χ3n) is 1.25. The van der Waals surface area contributed by atoms with E-state index in [2.05, 4.69) is 11.3 Å². The zero-order valence-corrected chi connectivity index (χ0v) is 7.52. The Hall–Kier alpha value is -1.36. The first-order valence-electron chi connectivity index (χ1n) is 3.88. The van der Waals surface area contributed by atoms with Gasteiger partial charge in [-0.3, -0.25) is 4.79 Å². The van der Waals surface area contributed by atoms with Crippen LogP contribution in [0.15, 0.2) is 12.7 Å². The summed E-state index contributed by atoms with van der Waals surface area (Å²) in [5.74, 6) is -0.576. The molecular weight excluding hydrogens is 174 g/mol. The highest BCUT2D eigenvalue weighted by Gasteiger charge is 2.18. The molecule has 0 aliphatic carbocycles. The van der Waals surface area contributed by atoms with Crippen LogP contribution < -0.4 is 0 Å². The highest BCUT2D eigenvalue weighted by Crippen LogP contribution is 1.95. The number of carbonyl (C=O) groups excluding carboxylic acids is 2. The van der Waals surface area contributed by atoms with Crippen molar-refractivity contribution in [2.24, 2.45) is 0 Å². The molecule has 0 rings (SSSR count). The van der Waals surface area contributed by atoms with Gasteiger partial charge >= 0.3 is 6.09 Å². The Morgan fingerprint density at radius 2 is 2.23 bits per heavy atom. The van der Waals surface area contributed by atoms with Crippen LogP contribution in [0, 0.1) is 0 Å². The molecule has 13 heavy (non-hydrogen) atoms. The standard InChI is InChI=1S/C8H13NO4/c1-3-7(11)9(5-6-10)8(12)13-4-2/h3,10H,1,4-6H2,2H3. The molecule has 0 aromatic rings. The van der Waals surface area contributed by atoms with Gasteiger partial charge in [0, 0.05) is 0 Å². The summed E-state index contributed by atoms with van der Waals surface area (Å²) < 4.78 is 4.59. The van der Waals surface area contributed by atoms with E-state index >= 15 is 0 Å². The van der Waals surface area contributed by atoms with Crippen LogP contribution in [0.3, 0.4) is 0 Å². The van der Waals surface area contributed by atoms with Crippen LogP contribution in [-0.2, 0) is 9.53 Å². The second-order valence-electron chi connectivity index (χ2n) is 2.12. The van der Waals surface area contributed by atoms with Gasteiger partial charge in [-0.2, -0.15) is 0 Å². The maximum Gasteiger partial charge on any atom is 0.416 e. The van der Waals surface area contributed by atoms with Crippen LogP contribution in [0.25, 0.3) is 0 Å². The summed E-state index contributed by atoms with van der Waals surface area (Å²) >= 11 is 0. The summed E-state index contributed by atoms with van der Waals surface area (Å²) in [6.45, 7) is 4.67. The number of carbonyl (C=O) groups is 2. The number of amides is 2. The largest absolute Gasteiger partial charge is 0.449 e. The Kier molecular flexibility index (Phi) is 5.54. The number of aliphatic hydroxyl groups excluding tert-OH is 1. The molecule has 0 aliphatic heterocycles. The van der Waals surface area contributed by atoms with Crippen LogP contribution >= 0.6 is 0 Å². The summed E-state index contributed by atoms with van der Waals surface area (Å²) in [4.78, 5) is 22.9. The minimum atomic E-state index is -0.763. The predicted octanol–water partition coefficient (Wildman–Crippen LogP) is 0.150. The fraction of sp³-hybridized carbons (Fsp3) is 0.500. The quantitative estimate of drug-likeness (QED) is 0.636. The molecule has 2 amide bonds. The average Bonchev–Trinajstić information content (AvgIpc) is 2.13. The van der Waals surface area contributed by atoms with Crippen molar-refractivity contribution in [3.63, 3.8) is 0 Å². The van der Waals surface area contributed by atoms with Crippen molar-refractivity contribution in [1.29, 1.82) is 0 Å². The smallest absolute Gasteiger partial charge is 0.416 e. The molecule has 0 fully saturated rings. The summed E-state index contributed by atoms with van der Waals surface area (Å²) in [7, 11) is 0. The van der Waals surface area contributed by atoms with Crippen LogP contribution in [-0.4, -0.2) is 41.8 Å². The average molecular weight is 187 g/mol. The van der Waals surface area contributed by atoms with Crippen LogP contribution in [0.1, 0.15) is 6.92 Å². The maximum atomic E-state index is 11.1. The van der Waals surface area contributed by atoms with Gasteiger partial charge in [0.1, 0.15) is 0 Å². The van der Waals surface area contributed by atoms with E-state index < -0.39 is 12.0 Å². The minimum Gasteiger partial charge on any atom is -0.449 e. The lowest BCUT2D eigenvalue weighted by Gasteiger charge is -2.16. The number of hydrogen-bond acceptors (Lipinski definition) is 4. The third kappa shape index (κ3) is 3.71. The van der Waals surface area contributed by atoms with Crippen molar-refractivity contribution in [3.05, 3.63) is 12.7 Å². The fourth-order valence-corrected chi connectivity index (χ4v) is 0.703. The number of aliphatic hydroxyl groups is 1. The van der Waals surface area contributed by atoms with E-state index in [-0.39, 0.29) is 19.8 Å². The molecule has 0 aromatic heterocycles. The molecule has 0 heterocycles. The topological polar surface area (TPSA) is 66.8 Å². The van der Waals surface area contributed by atoms with Crippen LogP contribution in [0.4, 0.5) is 4.79 Å². The van der Waals surface area contributed by atoms with Gasteiger partial charge < -0.3 is 9.84 Å². The SMILES string of the molecule is C=CC(=O)N(CCO)C(=O)OCC. The Balaban J connectivity index is 4.30. The van der Waals surface area contributed by atoms with Gasteiger partial charge in [-0.15, -0.1) is 0 Å². The molecule has 5 nitrogen and oxygen atoms in total. The normalized spacial score (nSPS) is 9.08. The molecular formula is C8H13NO4.